The topological polar surface area (TPSA) is 52.7 Å². The lowest BCUT2D eigenvalue weighted by Crippen LogP contribution is -2.32. The summed E-state index contributed by atoms with van der Waals surface area (Å²) in [5.41, 5.74) is 3.04. The number of benzene rings is 3. The lowest BCUT2D eigenvalue weighted by Gasteiger charge is -2.29. The van der Waals surface area contributed by atoms with Gasteiger partial charge < -0.3 is 10.2 Å². The molecule has 33 heavy (non-hydrogen) atoms. The van der Waals surface area contributed by atoms with Gasteiger partial charge in [0.2, 0.25) is 0 Å². The molecule has 5 nitrogen and oxygen atoms in total. The van der Waals surface area contributed by atoms with Gasteiger partial charge in [0.15, 0.2) is 0 Å². The zero-order valence-electron chi connectivity index (χ0n) is 18.1. The highest BCUT2D eigenvalue weighted by atomic mass is 19.1. The SMILES string of the molecule is O=C1C(Nc2cccc(F)c2)=C(c2ccccc2)C(=O)N1c1ccc(N2CCCCC2)cc1. The fourth-order valence-corrected chi connectivity index (χ4v) is 4.43. The van der Waals surface area contributed by atoms with Gasteiger partial charge in [0.1, 0.15) is 11.5 Å². The Morgan fingerprint density at radius 2 is 1.42 bits per heavy atom. The van der Waals surface area contributed by atoms with E-state index in [1.807, 2.05) is 42.5 Å². The summed E-state index contributed by atoms with van der Waals surface area (Å²) in [6.07, 6.45) is 3.59. The van der Waals surface area contributed by atoms with Gasteiger partial charge in [0.25, 0.3) is 11.8 Å². The molecule has 1 N–H and O–H groups in total. The van der Waals surface area contributed by atoms with Gasteiger partial charge in [0.05, 0.1) is 11.3 Å². The molecule has 6 heteroatoms. The van der Waals surface area contributed by atoms with E-state index >= 15 is 0 Å². The number of nitrogens with one attached hydrogen (secondary N) is 1. The second kappa shape index (κ2) is 8.90. The molecular formula is C27H24FN3O2. The molecule has 2 aliphatic heterocycles. The molecule has 2 heterocycles. The maximum absolute atomic E-state index is 13.7. The number of carbonyl (C=O) groups excluding carboxylic acids is 2. The maximum Gasteiger partial charge on any atom is 0.282 e. The van der Waals surface area contributed by atoms with E-state index in [1.54, 1.807) is 24.3 Å². The summed E-state index contributed by atoms with van der Waals surface area (Å²) >= 11 is 0. The van der Waals surface area contributed by atoms with Gasteiger partial charge in [-0.2, -0.15) is 0 Å². The van der Waals surface area contributed by atoms with E-state index < -0.39 is 17.6 Å². The number of piperidine rings is 1. The van der Waals surface area contributed by atoms with Gasteiger partial charge in [-0.15, -0.1) is 0 Å². The van der Waals surface area contributed by atoms with Gasteiger partial charge in [-0.1, -0.05) is 36.4 Å². The molecule has 0 unspecified atom stereocenters. The Kier molecular flexibility index (Phi) is 5.65. The first kappa shape index (κ1) is 20.9. The van der Waals surface area contributed by atoms with Crippen molar-refractivity contribution in [3.63, 3.8) is 0 Å². The van der Waals surface area contributed by atoms with Crippen molar-refractivity contribution in [2.75, 3.05) is 28.2 Å². The van der Waals surface area contributed by atoms with Gasteiger partial charge in [0, 0.05) is 24.5 Å². The third-order valence-corrected chi connectivity index (χ3v) is 6.07. The van der Waals surface area contributed by atoms with E-state index in [1.165, 1.54) is 36.3 Å². The van der Waals surface area contributed by atoms with Crippen LogP contribution in [0.2, 0.25) is 0 Å². The van der Waals surface area contributed by atoms with Crippen molar-refractivity contribution in [3.05, 3.63) is 95.9 Å². The van der Waals surface area contributed by atoms with Crippen LogP contribution in [0.15, 0.2) is 84.6 Å². The standard InChI is InChI=1S/C27H24FN3O2/c28-20-10-7-11-21(18-20)29-25-24(19-8-3-1-4-9-19)26(32)31(27(25)33)23-14-12-22(13-15-23)30-16-5-2-6-17-30/h1,3-4,7-15,18,29H,2,5-6,16-17H2. The molecule has 0 spiro atoms. The predicted molar refractivity (Wildman–Crippen MR) is 128 cm³/mol. The molecule has 0 atom stereocenters. The van der Waals surface area contributed by atoms with Crippen molar-refractivity contribution in [1.82, 2.24) is 0 Å². The number of nitrogens with zero attached hydrogens (tertiary/aromatic N) is 2. The summed E-state index contributed by atoms with van der Waals surface area (Å²) < 4.78 is 13.7. The average molecular weight is 442 g/mol. The van der Waals surface area contributed by atoms with Crippen LogP contribution in [0, 0.1) is 5.82 Å². The Morgan fingerprint density at radius 3 is 2.12 bits per heavy atom. The van der Waals surface area contributed by atoms with E-state index in [2.05, 4.69) is 10.2 Å². The highest BCUT2D eigenvalue weighted by Gasteiger charge is 2.40. The number of carbonyl (C=O) groups is 2. The quantitative estimate of drug-likeness (QED) is 0.552. The van der Waals surface area contributed by atoms with Crippen LogP contribution in [-0.2, 0) is 9.59 Å². The molecule has 166 valence electrons. The molecule has 3 aromatic rings. The van der Waals surface area contributed by atoms with Crippen molar-refractivity contribution in [2.45, 2.75) is 19.3 Å². The van der Waals surface area contributed by atoms with Gasteiger partial charge in [-0.3, -0.25) is 9.59 Å². The summed E-state index contributed by atoms with van der Waals surface area (Å²) in [4.78, 5) is 30.5. The largest absolute Gasteiger partial charge is 0.372 e. The Labute approximate surface area is 192 Å². The molecule has 0 aromatic heterocycles. The molecule has 0 bridgehead atoms. The van der Waals surface area contributed by atoms with E-state index in [0.717, 1.165) is 18.8 Å². The van der Waals surface area contributed by atoms with Crippen LogP contribution in [0.5, 0.6) is 0 Å². The molecule has 0 radical (unpaired) electrons. The number of rotatable bonds is 5. The normalized spacial score (nSPS) is 16.5. The Balaban J connectivity index is 1.49. The monoisotopic (exact) mass is 441 g/mol. The predicted octanol–water partition coefficient (Wildman–Crippen LogP) is 5.21. The number of hydrogen-bond acceptors (Lipinski definition) is 4. The fourth-order valence-electron chi connectivity index (χ4n) is 4.43. The molecular weight excluding hydrogens is 417 g/mol. The van der Waals surface area contributed by atoms with Crippen molar-refractivity contribution >= 4 is 34.4 Å². The van der Waals surface area contributed by atoms with Crippen LogP contribution in [0.3, 0.4) is 0 Å². The molecule has 1 saturated heterocycles. The molecule has 0 saturated carbocycles. The van der Waals surface area contributed by atoms with Crippen LogP contribution in [-0.4, -0.2) is 24.9 Å². The van der Waals surface area contributed by atoms with Gasteiger partial charge >= 0.3 is 0 Å². The number of halogens is 1. The van der Waals surface area contributed by atoms with E-state index in [0.29, 0.717) is 16.9 Å². The van der Waals surface area contributed by atoms with Crippen molar-refractivity contribution in [3.8, 4) is 0 Å². The summed E-state index contributed by atoms with van der Waals surface area (Å²) in [6, 6.07) is 22.4. The second-order valence-electron chi connectivity index (χ2n) is 8.26. The van der Waals surface area contributed by atoms with Crippen LogP contribution in [0.4, 0.5) is 21.5 Å². The first-order valence-corrected chi connectivity index (χ1v) is 11.2. The highest BCUT2D eigenvalue weighted by molar-refractivity contribution is 6.46. The zero-order valence-corrected chi connectivity index (χ0v) is 18.1. The van der Waals surface area contributed by atoms with Crippen molar-refractivity contribution < 1.29 is 14.0 Å². The third kappa shape index (κ3) is 4.12. The summed E-state index contributed by atoms with van der Waals surface area (Å²) in [5.74, 6) is -1.30. The molecule has 3 aromatic carbocycles. The fraction of sp³-hybridized carbons (Fsp3) is 0.185. The van der Waals surface area contributed by atoms with Crippen LogP contribution in [0.1, 0.15) is 24.8 Å². The maximum atomic E-state index is 13.7. The lowest BCUT2D eigenvalue weighted by molar-refractivity contribution is -0.120. The summed E-state index contributed by atoms with van der Waals surface area (Å²) in [6.45, 7) is 2.03. The Bertz CT molecular complexity index is 1220. The third-order valence-electron chi connectivity index (χ3n) is 6.07. The molecule has 1 fully saturated rings. The van der Waals surface area contributed by atoms with E-state index in [9.17, 15) is 14.0 Å². The summed E-state index contributed by atoms with van der Waals surface area (Å²) in [7, 11) is 0. The van der Waals surface area contributed by atoms with Crippen molar-refractivity contribution in [2.24, 2.45) is 0 Å². The minimum atomic E-state index is -0.464. The summed E-state index contributed by atoms with van der Waals surface area (Å²) in [5, 5.41) is 2.99. The molecule has 2 aliphatic rings. The van der Waals surface area contributed by atoms with Crippen LogP contribution >= 0.6 is 0 Å². The van der Waals surface area contributed by atoms with Crippen LogP contribution < -0.4 is 15.1 Å². The van der Waals surface area contributed by atoms with Crippen molar-refractivity contribution in [1.29, 1.82) is 0 Å². The first-order chi connectivity index (χ1) is 16.1. The molecule has 2 amide bonds. The van der Waals surface area contributed by atoms with Crippen LogP contribution in [0.25, 0.3) is 5.57 Å². The number of amides is 2. The van der Waals surface area contributed by atoms with E-state index in [-0.39, 0.29) is 11.3 Å². The van der Waals surface area contributed by atoms with E-state index in [4.69, 9.17) is 0 Å². The minimum Gasteiger partial charge on any atom is -0.372 e. The molecule has 5 rings (SSSR count). The highest BCUT2D eigenvalue weighted by Crippen LogP contribution is 2.34. The average Bonchev–Trinajstić information content (AvgIpc) is 3.09. The minimum absolute atomic E-state index is 0.136. The smallest absolute Gasteiger partial charge is 0.282 e. The van der Waals surface area contributed by atoms with Gasteiger partial charge in [-0.25, -0.2) is 9.29 Å². The second-order valence-corrected chi connectivity index (χ2v) is 8.26. The van der Waals surface area contributed by atoms with Gasteiger partial charge in [-0.05, 0) is 67.3 Å². The zero-order chi connectivity index (χ0) is 22.8. The number of hydrogen-bond donors (Lipinski definition) is 1. The number of imide groups is 1. The number of anilines is 3. The Morgan fingerprint density at radius 1 is 0.727 bits per heavy atom. The lowest BCUT2D eigenvalue weighted by atomic mass is 10.0. The Hall–Kier alpha value is -3.93. The first-order valence-electron chi connectivity index (χ1n) is 11.2. The molecule has 0 aliphatic carbocycles.